The van der Waals surface area contributed by atoms with Crippen molar-refractivity contribution in [3.63, 3.8) is 0 Å². The highest BCUT2D eigenvalue weighted by Crippen LogP contribution is 2.50. The van der Waals surface area contributed by atoms with Crippen molar-refractivity contribution in [2.24, 2.45) is 17.8 Å². The van der Waals surface area contributed by atoms with Gasteiger partial charge in [-0.25, -0.2) is 24.7 Å². The van der Waals surface area contributed by atoms with E-state index in [-0.39, 0.29) is 30.1 Å². The lowest BCUT2D eigenvalue weighted by atomic mass is 9.78. The molecule has 2 saturated carbocycles. The first-order valence-electron chi connectivity index (χ1n) is 16.1. The summed E-state index contributed by atoms with van der Waals surface area (Å²) in [7, 11) is 0. The summed E-state index contributed by atoms with van der Waals surface area (Å²) in [5.41, 5.74) is -0.934. The molecule has 3 fully saturated rings. The van der Waals surface area contributed by atoms with Crippen LogP contribution in [-0.4, -0.2) is 80.1 Å². The molecule has 248 valence electrons. The summed E-state index contributed by atoms with van der Waals surface area (Å²) in [5.74, 6) is -1.70. The van der Waals surface area contributed by atoms with Crippen LogP contribution in [0.1, 0.15) is 59.8 Å². The number of aliphatic carboxylic acids is 1. The van der Waals surface area contributed by atoms with Gasteiger partial charge >= 0.3 is 12.1 Å². The van der Waals surface area contributed by atoms with Gasteiger partial charge in [0, 0.05) is 63.5 Å². The summed E-state index contributed by atoms with van der Waals surface area (Å²) < 4.78 is 43.1. The minimum absolute atomic E-state index is 0.108. The third kappa shape index (κ3) is 5.99. The second-order valence-electron chi connectivity index (χ2n) is 13.4. The molecule has 2 bridgehead atoms. The number of amides is 1. The zero-order valence-corrected chi connectivity index (χ0v) is 26.1. The molecule has 11 nitrogen and oxygen atoms in total. The minimum atomic E-state index is -4.95. The largest absolute Gasteiger partial charge is 0.479 e. The Morgan fingerprint density at radius 3 is 2.51 bits per heavy atom. The molecule has 2 aliphatic heterocycles. The van der Waals surface area contributed by atoms with Crippen LogP contribution in [0.2, 0.25) is 0 Å². The SMILES string of the molecule is CC1CC2CC(C1)C(NC(=O)c1cnc(N3CCc4cc(CN5CCN(c6ncccn6)CC5)ccc43)nc1C(F)(F)F)(C(=O)O)C2. The summed E-state index contributed by atoms with van der Waals surface area (Å²) in [4.78, 5) is 48.8. The topological polar surface area (TPSA) is 128 Å². The fraction of sp³-hybridized carbons (Fsp3) is 0.515. The van der Waals surface area contributed by atoms with E-state index in [0.29, 0.717) is 25.8 Å². The number of carboxylic acids is 1. The van der Waals surface area contributed by atoms with E-state index in [1.165, 1.54) is 0 Å². The van der Waals surface area contributed by atoms with Gasteiger partial charge in [-0.05, 0) is 73.1 Å². The fourth-order valence-corrected chi connectivity index (χ4v) is 8.14. The number of carbonyl (C=O) groups excluding carboxylic acids is 1. The van der Waals surface area contributed by atoms with Crippen molar-refractivity contribution in [1.29, 1.82) is 0 Å². The Kier molecular flexibility index (Phi) is 8.01. The summed E-state index contributed by atoms with van der Waals surface area (Å²) >= 11 is 0. The van der Waals surface area contributed by atoms with Crippen LogP contribution < -0.4 is 15.1 Å². The summed E-state index contributed by atoms with van der Waals surface area (Å²) in [6.45, 7) is 6.50. The maximum atomic E-state index is 14.4. The number of nitrogens with one attached hydrogen (secondary N) is 1. The molecule has 14 heteroatoms. The Morgan fingerprint density at radius 2 is 1.79 bits per heavy atom. The second-order valence-corrected chi connectivity index (χ2v) is 13.4. The van der Waals surface area contributed by atoms with Crippen molar-refractivity contribution in [2.45, 2.75) is 57.3 Å². The normalized spacial score (nSPS) is 25.9. The number of carboxylic acid groups (broad SMARTS) is 1. The van der Waals surface area contributed by atoms with Gasteiger partial charge in [-0.1, -0.05) is 19.1 Å². The zero-order chi connectivity index (χ0) is 32.9. The van der Waals surface area contributed by atoms with Crippen molar-refractivity contribution < 1.29 is 27.9 Å². The summed E-state index contributed by atoms with van der Waals surface area (Å²) in [5, 5.41) is 12.7. The van der Waals surface area contributed by atoms with Gasteiger partial charge in [-0.3, -0.25) is 9.69 Å². The Bertz CT molecular complexity index is 1670. The Balaban J connectivity index is 1.07. The third-order valence-corrected chi connectivity index (χ3v) is 10.2. The van der Waals surface area contributed by atoms with Gasteiger partial charge in [0.05, 0.1) is 5.56 Å². The average Bonchev–Trinajstić information content (AvgIpc) is 3.58. The van der Waals surface area contributed by atoms with Crippen LogP contribution in [0.5, 0.6) is 0 Å². The number of piperazine rings is 1. The van der Waals surface area contributed by atoms with Crippen LogP contribution in [0, 0.1) is 17.8 Å². The number of alkyl halides is 3. The number of hydrogen-bond acceptors (Lipinski definition) is 9. The molecule has 4 aliphatic rings. The van der Waals surface area contributed by atoms with E-state index in [1.807, 2.05) is 19.1 Å². The summed E-state index contributed by atoms with van der Waals surface area (Å²) in [6, 6.07) is 7.74. The molecule has 1 aromatic carbocycles. The first kappa shape index (κ1) is 31.3. The van der Waals surface area contributed by atoms with Gasteiger partial charge in [0.2, 0.25) is 11.9 Å². The highest BCUT2D eigenvalue weighted by molar-refractivity contribution is 5.99. The van der Waals surface area contributed by atoms with Crippen LogP contribution in [0.15, 0.2) is 42.9 Å². The average molecular weight is 651 g/mol. The standard InChI is InChI=1S/C33H37F3N8O3/c1-20-13-22-16-24(14-20)32(17-22,29(46)47)41-28(45)25-18-39-31(40-27(25)33(34,35)36)44-8-5-23-15-21(3-4-26(23)44)19-42-9-11-43(12-10-42)30-37-6-2-7-38-30/h2-4,6-7,15,18,20,22,24H,5,8-14,16-17,19H2,1H3,(H,41,45)(H,46,47). The number of anilines is 3. The first-order valence-corrected chi connectivity index (χ1v) is 16.1. The predicted octanol–water partition coefficient (Wildman–Crippen LogP) is 4.31. The Labute approximate surface area is 270 Å². The molecule has 0 radical (unpaired) electrons. The molecule has 1 amide bonds. The lowest BCUT2D eigenvalue weighted by Gasteiger charge is -2.34. The van der Waals surface area contributed by atoms with Crippen LogP contribution in [-0.2, 0) is 23.9 Å². The molecule has 4 heterocycles. The number of benzene rings is 1. The van der Waals surface area contributed by atoms with Crippen LogP contribution in [0.4, 0.5) is 30.8 Å². The van der Waals surface area contributed by atoms with Crippen LogP contribution >= 0.6 is 0 Å². The van der Waals surface area contributed by atoms with E-state index in [9.17, 15) is 27.9 Å². The molecule has 1 saturated heterocycles. The first-order chi connectivity index (χ1) is 22.5. The van der Waals surface area contributed by atoms with E-state index in [4.69, 9.17) is 0 Å². The molecular formula is C33H37F3N8O3. The molecule has 3 aromatic rings. The maximum Gasteiger partial charge on any atom is 0.434 e. The number of nitrogens with zero attached hydrogens (tertiary/aromatic N) is 7. The molecule has 7 rings (SSSR count). The van der Waals surface area contributed by atoms with E-state index in [2.05, 4.69) is 41.1 Å². The third-order valence-electron chi connectivity index (χ3n) is 10.2. The lowest BCUT2D eigenvalue weighted by molar-refractivity contribution is -0.146. The van der Waals surface area contributed by atoms with Gasteiger partial charge in [0.1, 0.15) is 5.54 Å². The molecule has 2 aromatic heterocycles. The van der Waals surface area contributed by atoms with Crippen LogP contribution in [0.3, 0.4) is 0 Å². The molecule has 0 spiro atoms. The van der Waals surface area contributed by atoms with Gasteiger partial charge in [0.15, 0.2) is 5.69 Å². The number of carbonyl (C=O) groups is 2. The van der Waals surface area contributed by atoms with Gasteiger partial charge in [-0.2, -0.15) is 13.2 Å². The second kappa shape index (κ2) is 12.0. The van der Waals surface area contributed by atoms with Crippen molar-refractivity contribution in [3.05, 3.63) is 65.2 Å². The van der Waals surface area contributed by atoms with Crippen molar-refractivity contribution in [1.82, 2.24) is 30.2 Å². The molecule has 47 heavy (non-hydrogen) atoms. The highest BCUT2D eigenvalue weighted by atomic mass is 19.4. The van der Waals surface area contributed by atoms with Crippen LogP contribution in [0.25, 0.3) is 0 Å². The maximum absolute atomic E-state index is 14.4. The van der Waals surface area contributed by atoms with Crippen molar-refractivity contribution >= 4 is 29.5 Å². The van der Waals surface area contributed by atoms with E-state index >= 15 is 0 Å². The van der Waals surface area contributed by atoms with Crippen molar-refractivity contribution in [2.75, 3.05) is 42.5 Å². The van der Waals surface area contributed by atoms with Crippen molar-refractivity contribution in [3.8, 4) is 0 Å². The number of halogens is 3. The Hall–Kier alpha value is -4.33. The molecule has 4 atom stereocenters. The van der Waals surface area contributed by atoms with E-state index in [0.717, 1.165) is 68.1 Å². The molecule has 2 N–H and O–H groups in total. The number of rotatable bonds is 7. The van der Waals surface area contributed by atoms with E-state index in [1.54, 1.807) is 23.4 Å². The van der Waals surface area contributed by atoms with E-state index < -0.39 is 34.8 Å². The monoisotopic (exact) mass is 650 g/mol. The molecule has 4 unspecified atom stereocenters. The van der Waals surface area contributed by atoms with Gasteiger partial charge in [-0.15, -0.1) is 0 Å². The quantitative estimate of drug-likeness (QED) is 0.382. The fourth-order valence-electron chi connectivity index (χ4n) is 8.14. The summed E-state index contributed by atoms with van der Waals surface area (Å²) in [6.07, 6.45) is 2.28. The number of aromatic nitrogens is 4. The minimum Gasteiger partial charge on any atom is -0.479 e. The van der Waals surface area contributed by atoms with Gasteiger partial charge in [0.25, 0.3) is 5.91 Å². The molecule has 2 aliphatic carbocycles. The molecular weight excluding hydrogens is 613 g/mol. The van der Waals surface area contributed by atoms with Gasteiger partial charge < -0.3 is 20.2 Å². The smallest absolute Gasteiger partial charge is 0.434 e. The highest BCUT2D eigenvalue weighted by Gasteiger charge is 2.56. The number of hydrogen-bond donors (Lipinski definition) is 2. The zero-order valence-electron chi connectivity index (χ0n) is 26.1. The predicted molar refractivity (Wildman–Crippen MR) is 166 cm³/mol. The lowest BCUT2D eigenvalue weighted by Crippen LogP contribution is -2.57. The Morgan fingerprint density at radius 1 is 1.02 bits per heavy atom. The number of fused-ring (bicyclic) bond motifs is 3.